The number of hydrogen-bond acceptors (Lipinski definition) is 3. The maximum Gasteiger partial charge on any atom is 0.255 e. The van der Waals surface area contributed by atoms with Gasteiger partial charge in [0.2, 0.25) is 0 Å². The molecule has 2 rings (SSSR count). The summed E-state index contributed by atoms with van der Waals surface area (Å²) in [6.45, 7) is 1.71. The van der Waals surface area contributed by atoms with Crippen LogP contribution in [0.3, 0.4) is 0 Å². The lowest BCUT2D eigenvalue weighted by Gasteiger charge is -2.32. The Balaban J connectivity index is 2.07. The fourth-order valence-corrected chi connectivity index (χ4v) is 2.53. The molecule has 4 heteroatoms. The van der Waals surface area contributed by atoms with Crippen LogP contribution in [0, 0.1) is 5.92 Å². The normalized spacial score (nSPS) is 19.8. The fraction of sp³-hybridized carbons (Fsp3) is 0.500. The number of aliphatic hydroxyl groups excluding tert-OH is 1. The van der Waals surface area contributed by atoms with Gasteiger partial charge in [-0.3, -0.25) is 4.79 Å². The Morgan fingerprint density at radius 2 is 2.22 bits per heavy atom. The van der Waals surface area contributed by atoms with Crippen molar-refractivity contribution in [3.63, 3.8) is 0 Å². The second kappa shape index (κ2) is 5.87. The van der Waals surface area contributed by atoms with Crippen LogP contribution in [0.5, 0.6) is 0 Å². The first-order valence-electron chi connectivity index (χ1n) is 6.47. The summed E-state index contributed by atoms with van der Waals surface area (Å²) in [5, 5.41) is 8.98. The molecule has 0 bridgehead atoms. The summed E-state index contributed by atoms with van der Waals surface area (Å²) in [7, 11) is 0. The summed E-state index contributed by atoms with van der Waals surface area (Å²) in [5.41, 5.74) is 6.95. The smallest absolute Gasteiger partial charge is 0.255 e. The predicted octanol–water partition coefficient (Wildman–Crippen LogP) is 1.50. The number of nitrogens with zero attached hydrogens (tertiary/aromatic N) is 1. The van der Waals surface area contributed by atoms with Crippen molar-refractivity contribution >= 4 is 11.6 Å². The molecule has 3 N–H and O–H groups in total. The molecule has 1 aromatic carbocycles. The predicted molar refractivity (Wildman–Crippen MR) is 71.2 cm³/mol. The zero-order chi connectivity index (χ0) is 13.0. The summed E-state index contributed by atoms with van der Waals surface area (Å²) in [6, 6.07) is 7.19. The van der Waals surface area contributed by atoms with Crippen LogP contribution in [0.4, 0.5) is 5.69 Å². The van der Waals surface area contributed by atoms with Crippen LogP contribution in [-0.2, 0) is 0 Å². The SMILES string of the molecule is Nc1ccccc1C(=O)N1CCCC(CCO)C1. The van der Waals surface area contributed by atoms with E-state index in [2.05, 4.69) is 0 Å². The Kier molecular flexibility index (Phi) is 4.20. The van der Waals surface area contributed by atoms with E-state index in [0.29, 0.717) is 17.2 Å². The van der Waals surface area contributed by atoms with Gasteiger partial charge in [0.05, 0.1) is 5.56 Å². The van der Waals surface area contributed by atoms with Crippen LogP contribution in [0.25, 0.3) is 0 Å². The molecule has 1 unspecified atom stereocenters. The van der Waals surface area contributed by atoms with E-state index >= 15 is 0 Å². The molecule has 0 saturated carbocycles. The Morgan fingerprint density at radius 1 is 1.44 bits per heavy atom. The summed E-state index contributed by atoms with van der Waals surface area (Å²) < 4.78 is 0. The highest BCUT2D eigenvalue weighted by Gasteiger charge is 2.24. The third-order valence-electron chi connectivity index (χ3n) is 3.53. The van der Waals surface area contributed by atoms with Crippen molar-refractivity contribution in [2.75, 3.05) is 25.4 Å². The molecule has 1 heterocycles. The standard InChI is InChI=1S/C14H20N2O2/c15-13-6-2-1-5-12(13)14(18)16-8-3-4-11(10-16)7-9-17/h1-2,5-6,11,17H,3-4,7-10,15H2. The zero-order valence-electron chi connectivity index (χ0n) is 10.5. The molecule has 1 aliphatic heterocycles. The van der Waals surface area contributed by atoms with Gasteiger partial charge < -0.3 is 15.7 Å². The number of piperidine rings is 1. The monoisotopic (exact) mass is 248 g/mol. The van der Waals surface area contributed by atoms with E-state index in [9.17, 15) is 4.79 Å². The molecule has 0 aliphatic carbocycles. The van der Waals surface area contributed by atoms with Gasteiger partial charge in [0.1, 0.15) is 0 Å². The Hall–Kier alpha value is -1.55. The summed E-state index contributed by atoms with van der Waals surface area (Å²) in [5.74, 6) is 0.424. The maximum absolute atomic E-state index is 12.4. The van der Waals surface area contributed by atoms with Crippen LogP contribution in [0.1, 0.15) is 29.6 Å². The van der Waals surface area contributed by atoms with Crippen molar-refractivity contribution in [2.45, 2.75) is 19.3 Å². The number of rotatable bonds is 3. The van der Waals surface area contributed by atoms with Gasteiger partial charge in [-0.05, 0) is 37.3 Å². The van der Waals surface area contributed by atoms with Gasteiger partial charge in [-0.25, -0.2) is 0 Å². The molecular formula is C14H20N2O2. The van der Waals surface area contributed by atoms with Gasteiger partial charge in [0.25, 0.3) is 5.91 Å². The number of anilines is 1. The zero-order valence-corrected chi connectivity index (χ0v) is 10.5. The number of para-hydroxylation sites is 1. The second-order valence-corrected chi connectivity index (χ2v) is 4.86. The van der Waals surface area contributed by atoms with Crippen molar-refractivity contribution in [3.05, 3.63) is 29.8 Å². The van der Waals surface area contributed by atoms with Gasteiger partial charge in [0, 0.05) is 25.4 Å². The van der Waals surface area contributed by atoms with Crippen LogP contribution >= 0.6 is 0 Å². The number of carbonyl (C=O) groups is 1. The number of aliphatic hydroxyl groups is 1. The molecule has 1 aliphatic rings. The lowest BCUT2D eigenvalue weighted by molar-refractivity contribution is 0.0654. The lowest BCUT2D eigenvalue weighted by atomic mass is 9.94. The minimum Gasteiger partial charge on any atom is -0.398 e. The average Bonchev–Trinajstić information content (AvgIpc) is 2.39. The maximum atomic E-state index is 12.4. The van der Waals surface area contributed by atoms with Gasteiger partial charge >= 0.3 is 0 Å². The molecule has 18 heavy (non-hydrogen) atoms. The number of likely N-dealkylation sites (tertiary alicyclic amines) is 1. The van der Waals surface area contributed by atoms with Crippen molar-refractivity contribution in [2.24, 2.45) is 5.92 Å². The minimum absolute atomic E-state index is 0.00994. The molecule has 1 saturated heterocycles. The molecule has 1 atom stereocenters. The Labute approximate surface area is 107 Å². The van der Waals surface area contributed by atoms with Crippen LogP contribution in [0.15, 0.2) is 24.3 Å². The van der Waals surface area contributed by atoms with Crippen molar-refractivity contribution in [1.82, 2.24) is 4.90 Å². The van der Waals surface area contributed by atoms with E-state index in [4.69, 9.17) is 10.8 Å². The average molecular weight is 248 g/mol. The van der Waals surface area contributed by atoms with Gasteiger partial charge in [-0.15, -0.1) is 0 Å². The van der Waals surface area contributed by atoms with E-state index in [1.807, 2.05) is 17.0 Å². The van der Waals surface area contributed by atoms with Crippen LogP contribution < -0.4 is 5.73 Å². The van der Waals surface area contributed by atoms with E-state index in [1.165, 1.54) is 0 Å². The molecule has 0 aromatic heterocycles. The van der Waals surface area contributed by atoms with Gasteiger partial charge in [0.15, 0.2) is 0 Å². The lowest BCUT2D eigenvalue weighted by Crippen LogP contribution is -2.40. The number of amides is 1. The molecule has 1 fully saturated rings. The molecule has 0 spiro atoms. The first-order chi connectivity index (χ1) is 8.72. The van der Waals surface area contributed by atoms with Crippen LogP contribution in [0.2, 0.25) is 0 Å². The fourth-order valence-electron chi connectivity index (χ4n) is 2.53. The number of nitrogen functional groups attached to an aromatic ring is 1. The number of hydrogen-bond donors (Lipinski definition) is 2. The van der Waals surface area contributed by atoms with Crippen molar-refractivity contribution in [3.8, 4) is 0 Å². The van der Waals surface area contributed by atoms with E-state index < -0.39 is 0 Å². The summed E-state index contributed by atoms with van der Waals surface area (Å²) in [6.07, 6.45) is 2.87. The minimum atomic E-state index is 0.00994. The Morgan fingerprint density at radius 3 is 2.94 bits per heavy atom. The Bertz CT molecular complexity index is 418. The number of benzene rings is 1. The first-order valence-corrected chi connectivity index (χ1v) is 6.47. The van der Waals surface area contributed by atoms with Gasteiger partial charge in [-0.2, -0.15) is 0 Å². The largest absolute Gasteiger partial charge is 0.398 e. The van der Waals surface area contributed by atoms with Crippen molar-refractivity contribution in [1.29, 1.82) is 0 Å². The van der Waals surface area contributed by atoms with E-state index in [0.717, 1.165) is 32.4 Å². The number of nitrogens with two attached hydrogens (primary N) is 1. The highest BCUT2D eigenvalue weighted by Crippen LogP contribution is 2.22. The van der Waals surface area contributed by atoms with Crippen molar-refractivity contribution < 1.29 is 9.90 Å². The van der Waals surface area contributed by atoms with Crippen LogP contribution in [-0.4, -0.2) is 35.6 Å². The third-order valence-corrected chi connectivity index (χ3v) is 3.53. The summed E-state index contributed by atoms with van der Waals surface area (Å²) in [4.78, 5) is 14.2. The first kappa shape index (κ1) is 12.9. The highest BCUT2D eigenvalue weighted by atomic mass is 16.3. The molecule has 1 amide bonds. The van der Waals surface area contributed by atoms with E-state index in [-0.39, 0.29) is 12.5 Å². The number of carbonyl (C=O) groups excluding carboxylic acids is 1. The third kappa shape index (κ3) is 2.82. The second-order valence-electron chi connectivity index (χ2n) is 4.86. The molecule has 4 nitrogen and oxygen atoms in total. The molecule has 1 aromatic rings. The molecule has 98 valence electrons. The highest BCUT2D eigenvalue weighted by molar-refractivity contribution is 5.99. The summed E-state index contributed by atoms with van der Waals surface area (Å²) >= 11 is 0. The van der Waals surface area contributed by atoms with Gasteiger partial charge in [-0.1, -0.05) is 12.1 Å². The van der Waals surface area contributed by atoms with E-state index in [1.54, 1.807) is 12.1 Å². The molecule has 0 radical (unpaired) electrons. The molecular weight excluding hydrogens is 228 g/mol. The quantitative estimate of drug-likeness (QED) is 0.797. The topological polar surface area (TPSA) is 66.6 Å².